The van der Waals surface area contributed by atoms with Crippen molar-refractivity contribution >= 4 is 46.4 Å². The number of fused-ring (bicyclic) bond motifs is 2. The van der Waals surface area contributed by atoms with Crippen LogP contribution in [0.5, 0.6) is 11.5 Å². The molecule has 0 saturated heterocycles. The molecule has 0 unspecified atom stereocenters. The molecule has 11 rings (SSSR count). The highest BCUT2D eigenvalue weighted by molar-refractivity contribution is 6.30. The minimum atomic E-state index is -0.751. The van der Waals surface area contributed by atoms with Crippen molar-refractivity contribution in [2.45, 2.75) is 94.7 Å². The van der Waals surface area contributed by atoms with Crippen molar-refractivity contribution in [1.29, 1.82) is 0 Å². The number of amides is 2. The van der Waals surface area contributed by atoms with E-state index in [0.29, 0.717) is 60.7 Å². The van der Waals surface area contributed by atoms with Crippen LogP contribution in [0.2, 0.25) is 10.0 Å². The van der Waals surface area contributed by atoms with E-state index < -0.39 is 16.9 Å². The minimum absolute atomic E-state index is 0.0141. The first-order valence-electron chi connectivity index (χ1n) is 24.4. The lowest BCUT2D eigenvalue weighted by molar-refractivity contribution is 0.0948. The fraction of sp³-hybridized carbons (Fsp3) is 0.298. The number of hydrogen-bond donors (Lipinski definition) is 1. The van der Waals surface area contributed by atoms with Crippen molar-refractivity contribution in [1.82, 2.24) is 19.1 Å². The van der Waals surface area contributed by atoms with E-state index in [1.165, 1.54) is 11.1 Å². The van der Waals surface area contributed by atoms with Crippen molar-refractivity contribution in [2.75, 3.05) is 22.9 Å². The predicted octanol–water partition coefficient (Wildman–Crippen LogP) is 10.5. The van der Waals surface area contributed by atoms with Gasteiger partial charge in [-0.2, -0.15) is 9.97 Å². The SMILES string of the molecule is O=C1c2c(O)c(=O)nc(CC3(c4ccc(Cl)cc4)CCCC3)n2CCN1c1ccccc1.O=C1c2c(OCc3ccccc3)c(=O)nc(CC3(c4ccc(Cl)cc4)CCCC3)n2CCN1c1ccccc1. The maximum atomic E-state index is 14.0. The molecular weight excluding hydrogens is 936 g/mol. The lowest BCUT2D eigenvalue weighted by atomic mass is 9.76. The topological polar surface area (TPSA) is 140 Å². The van der Waals surface area contributed by atoms with Crippen LogP contribution in [0, 0.1) is 0 Å². The Kier molecular flexibility index (Phi) is 13.7. The van der Waals surface area contributed by atoms with Crippen LogP contribution in [0.25, 0.3) is 0 Å². The Hall–Kier alpha value is -7.02. The molecule has 5 aromatic carbocycles. The molecule has 2 fully saturated rings. The second kappa shape index (κ2) is 20.4. The van der Waals surface area contributed by atoms with Crippen LogP contribution >= 0.6 is 23.2 Å². The Morgan fingerprint density at radius 3 is 1.38 bits per heavy atom. The summed E-state index contributed by atoms with van der Waals surface area (Å²) >= 11 is 12.3. The molecule has 1 N–H and O–H groups in total. The lowest BCUT2D eigenvalue weighted by Crippen LogP contribution is -2.44. The van der Waals surface area contributed by atoms with E-state index in [1.807, 2.05) is 132 Å². The van der Waals surface area contributed by atoms with Crippen LogP contribution in [0.3, 0.4) is 0 Å². The number of aromatic nitrogens is 4. The van der Waals surface area contributed by atoms with Crippen molar-refractivity contribution < 1.29 is 19.4 Å². The Bertz CT molecular complexity index is 3170. The van der Waals surface area contributed by atoms with Crippen LogP contribution < -0.4 is 25.7 Å². The molecule has 0 atom stereocenters. The van der Waals surface area contributed by atoms with Gasteiger partial charge in [-0.05, 0) is 90.9 Å². The van der Waals surface area contributed by atoms with Gasteiger partial charge in [-0.25, -0.2) is 0 Å². The molecule has 0 bridgehead atoms. The molecule has 0 spiro atoms. The Labute approximate surface area is 422 Å². The van der Waals surface area contributed by atoms with Gasteiger partial charge in [-0.3, -0.25) is 19.2 Å². The molecule has 2 amide bonds. The number of carbonyl (C=O) groups excluding carboxylic acids is 2. The van der Waals surface area contributed by atoms with E-state index in [0.717, 1.165) is 68.3 Å². The summed E-state index contributed by atoms with van der Waals surface area (Å²) in [5.41, 5.74) is 3.55. The summed E-state index contributed by atoms with van der Waals surface area (Å²) in [5, 5.41) is 11.9. The normalized spacial score (nSPS) is 16.8. The molecule has 14 heteroatoms. The fourth-order valence-corrected chi connectivity index (χ4v) is 11.5. The van der Waals surface area contributed by atoms with Gasteiger partial charge < -0.3 is 28.8 Å². The molecular formula is C57H54Cl2N6O6. The zero-order chi connectivity index (χ0) is 49.1. The highest BCUT2D eigenvalue weighted by Gasteiger charge is 2.41. The number of ether oxygens (including phenoxy) is 1. The maximum absolute atomic E-state index is 14.0. The Morgan fingerprint density at radius 1 is 0.507 bits per heavy atom. The fourth-order valence-electron chi connectivity index (χ4n) is 11.2. The third-order valence-electron chi connectivity index (χ3n) is 14.8. The van der Waals surface area contributed by atoms with Gasteiger partial charge in [0.2, 0.25) is 11.5 Å². The number of carbonyl (C=O) groups is 2. The molecule has 12 nitrogen and oxygen atoms in total. The van der Waals surface area contributed by atoms with E-state index in [2.05, 4.69) is 22.1 Å². The number of para-hydroxylation sites is 2. The van der Waals surface area contributed by atoms with Crippen LogP contribution in [0.15, 0.2) is 149 Å². The van der Waals surface area contributed by atoms with Crippen molar-refractivity contribution in [2.24, 2.45) is 0 Å². The summed E-state index contributed by atoms with van der Waals surface area (Å²) in [6, 6.07) is 44.4. The van der Waals surface area contributed by atoms with Crippen molar-refractivity contribution in [3.63, 3.8) is 0 Å². The van der Waals surface area contributed by atoms with Gasteiger partial charge in [0.1, 0.15) is 18.3 Å². The number of halogens is 2. The molecule has 7 aromatic rings. The summed E-state index contributed by atoms with van der Waals surface area (Å²) in [6.45, 7) is 2.09. The highest BCUT2D eigenvalue weighted by atomic mass is 35.5. The standard InChI is InChI=1S/C32H30ClN3O3.C25H24ClN3O3/c33-25-15-13-24(14-16-25)32(17-7-8-18-32)21-27-34-30(37)29(39-22-23-9-3-1-4-10-23)28-31(38)35(19-20-36(27)28)26-11-5-2-6-12-26;26-18-10-8-17(9-11-18)25(12-4-5-13-25)16-20-27-23(31)22(30)21-24(32)28(14-15-29(20)21)19-6-2-1-3-7-19/h1-6,9-16H,7-8,17-22H2;1-3,6-11,30H,4-5,12-16H2. The average molecular weight is 990 g/mol. The molecule has 4 aliphatic rings. The smallest absolute Gasteiger partial charge is 0.316 e. The number of benzene rings is 5. The third-order valence-corrected chi connectivity index (χ3v) is 15.3. The van der Waals surface area contributed by atoms with Gasteiger partial charge in [0.05, 0.1) is 0 Å². The van der Waals surface area contributed by atoms with E-state index in [-0.39, 0.29) is 46.4 Å². The summed E-state index contributed by atoms with van der Waals surface area (Å²) in [4.78, 5) is 65.6. The van der Waals surface area contributed by atoms with Gasteiger partial charge >= 0.3 is 11.1 Å². The Morgan fingerprint density at radius 2 is 0.915 bits per heavy atom. The zero-order valence-electron chi connectivity index (χ0n) is 39.3. The van der Waals surface area contributed by atoms with Gasteiger partial charge in [-0.1, -0.05) is 140 Å². The monoisotopic (exact) mass is 988 g/mol. The first-order chi connectivity index (χ1) is 34.5. The largest absolute Gasteiger partial charge is 0.501 e. The zero-order valence-corrected chi connectivity index (χ0v) is 40.8. The van der Waals surface area contributed by atoms with E-state index in [9.17, 15) is 24.3 Å². The number of nitrogens with zero attached hydrogens (tertiary/aromatic N) is 6. The first-order valence-corrected chi connectivity index (χ1v) is 25.2. The maximum Gasteiger partial charge on any atom is 0.316 e. The molecule has 2 aliphatic carbocycles. The molecule has 4 heterocycles. The number of rotatable bonds is 11. The minimum Gasteiger partial charge on any atom is -0.501 e. The van der Waals surface area contributed by atoms with Gasteiger partial charge in [-0.15, -0.1) is 0 Å². The number of anilines is 2. The van der Waals surface area contributed by atoms with Crippen molar-refractivity contribution in [3.8, 4) is 11.5 Å². The molecule has 2 aromatic heterocycles. The summed E-state index contributed by atoms with van der Waals surface area (Å²) in [6.07, 6.45) is 9.47. The lowest BCUT2D eigenvalue weighted by Gasteiger charge is -2.35. The highest BCUT2D eigenvalue weighted by Crippen LogP contribution is 2.46. The summed E-state index contributed by atoms with van der Waals surface area (Å²) < 4.78 is 9.74. The molecule has 362 valence electrons. The van der Waals surface area contributed by atoms with E-state index in [1.54, 1.807) is 14.4 Å². The van der Waals surface area contributed by atoms with Gasteiger partial charge in [0, 0.05) is 71.3 Å². The molecule has 0 radical (unpaired) electrons. The van der Waals surface area contributed by atoms with E-state index >= 15 is 0 Å². The Balaban J connectivity index is 0.000000167. The summed E-state index contributed by atoms with van der Waals surface area (Å²) in [7, 11) is 0. The first kappa shape index (κ1) is 47.6. The third kappa shape index (κ3) is 9.63. The molecule has 71 heavy (non-hydrogen) atoms. The second-order valence-corrected chi connectivity index (χ2v) is 19.9. The van der Waals surface area contributed by atoms with Gasteiger partial charge in [0.15, 0.2) is 11.4 Å². The number of aromatic hydroxyl groups is 1. The average Bonchev–Trinajstić information content (AvgIpc) is 4.08. The van der Waals surface area contributed by atoms with Gasteiger partial charge in [0.25, 0.3) is 11.8 Å². The quantitative estimate of drug-likeness (QED) is 0.135. The van der Waals surface area contributed by atoms with E-state index in [4.69, 9.17) is 27.9 Å². The number of hydrogen-bond acceptors (Lipinski definition) is 8. The second-order valence-electron chi connectivity index (χ2n) is 19.0. The molecule has 2 saturated carbocycles. The summed E-state index contributed by atoms with van der Waals surface area (Å²) in [5.74, 6) is 0.00289. The predicted molar refractivity (Wildman–Crippen MR) is 276 cm³/mol. The van der Waals surface area contributed by atoms with Crippen molar-refractivity contribution in [3.05, 3.63) is 210 Å². The van der Waals surface area contributed by atoms with Crippen LogP contribution in [0.4, 0.5) is 11.4 Å². The van der Waals surface area contributed by atoms with Crippen LogP contribution in [0.1, 0.15) is 101 Å². The molecule has 2 aliphatic heterocycles. The van der Waals surface area contributed by atoms with Crippen LogP contribution in [-0.2, 0) is 43.4 Å². The van der Waals surface area contributed by atoms with Crippen LogP contribution in [-0.4, -0.2) is 49.1 Å².